The van der Waals surface area contributed by atoms with Gasteiger partial charge in [0.2, 0.25) is 0 Å². The maximum atomic E-state index is 10.8. The molecule has 0 heterocycles. The van der Waals surface area contributed by atoms with Crippen LogP contribution in [0.15, 0.2) is 30.3 Å². The molecular formula is C15H20O5. The highest BCUT2D eigenvalue weighted by molar-refractivity contribution is 5.80. The van der Waals surface area contributed by atoms with E-state index in [9.17, 15) is 14.4 Å². The van der Waals surface area contributed by atoms with Crippen molar-refractivity contribution in [3.8, 4) is 0 Å². The number of rotatable bonds is 5. The highest BCUT2D eigenvalue weighted by atomic mass is 16.5. The standard InChI is InChI=1S/C9H10O2.C6H10O3/c1-11-9(10)7-8-5-3-2-4-6-8;1-5(7)3-4-6(8)9-2/h2-6H,7H2,1H3;3-4H2,1-2H3. The molecule has 0 unspecified atom stereocenters. The van der Waals surface area contributed by atoms with E-state index < -0.39 is 0 Å². The first kappa shape index (κ1) is 17.8. The van der Waals surface area contributed by atoms with Crippen LogP contribution in [0.2, 0.25) is 0 Å². The first-order chi connectivity index (χ1) is 9.49. The quantitative estimate of drug-likeness (QED) is 0.771. The smallest absolute Gasteiger partial charge is 0.309 e. The van der Waals surface area contributed by atoms with Crippen molar-refractivity contribution in [1.82, 2.24) is 0 Å². The summed E-state index contributed by atoms with van der Waals surface area (Å²) in [4.78, 5) is 31.4. The van der Waals surface area contributed by atoms with Gasteiger partial charge in [-0.3, -0.25) is 9.59 Å². The van der Waals surface area contributed by atoms with Crippen molar-refractivity contribution in [2.75, 3.05) is 14.2 Å². The lowest BCUT2D eigenvalue weighted by Gasteiger charge is -1.97. The van der Waals surface area contributed by atoms with E-state index in [4.69, 9.17) is 0 Å². The Morgan fingerprint density at radius 1 is 0.900 bits per heavy atom. The molecule has 1 aromatic carbocycles. The Hall–Kier alpha value is -2.17. The van der Waals surface area contributed by atoms with E-state index >= 15 is 0 Å². The van der Waals surface area contributed by atoms with Crippen LogP contribution in [0.1, 0.15) is 25.3 Å². The Balaban J connectivity index is 0.000000370. The highest BCUT2D eigenvalue weighted by Crippen LogP contribution is 1.99. The van der Waals surface area contributed by atoms with Crippen molar-refractivity contribution in [1.29, 1.82) is 0 Å². The average molecular weight is 280 g/mol. The van der Waals surface area contributed by atoms with E-state index in [1.807, 2.05) is 30.3 Å². The second kappa shape index (κ2) is 10.7. The minimum absolute atomic E-state index is 0.0143. The first-order valence-corrected chi connectivity index (χ1v) is 6.16. The number of Topliss-reactive ketones (excluding diaryl/α,β-unsaturated/α-hetero) is 1. The van der Waals surface area contributed by atoms with E-state index in [0.29, 0.717) is 6.42 Å². The maximum absolute atomic E-state index is 10.8. The highest BCUT2D eigenvalue weighted by Gasteiger charge is 2.01. The molecule has 0 radical (unpaired) electrons. The summed E-state index contributed by atoms with van der Waals surface area (Å²) in [5.41, 5.74) is 0.986. The van der Waals surface area contributed by atoms with Crippen LogP contribution < -0.4 is 0 Å². The monoisotopic (exact) mass is 280 g/mol. The fraction of sp³-hybridized carbons (Fsp3) is 0.400. The second-order valence-corrected chi connectivity index (χ2v) is 4.02. The number of methoxy groups -OCH3 is 2. The number of carbonyl (C=O) groups is 3. The normalized spacial score (nSPS) is 8.95. The van der Waals surface area contributed by atoms with Crippen molar-refractivity contribution in [3.63, 3.8) is 0 Å². The third-order valence-corrected chi connectivity index (χ3v) is 2.33. The van der Waals surface area contributed by atoms with Crippen LogP contribution in [0.25, 0.3) is 0 Å². The van der Waals surface area contributed by atoms with Gasteiger partial charge in [0.15, 0.2) is 0 Å². The molecule has 0 aromatic heterocycles. The van der Waals surface area contributed by atoms with Gasteiger partial charge in [0.1, 0.15) is 5.78 Å². The van der Waals surface area contributed by atoms with Crippen molar-refractivity contribution >= 4 is 17.7 Å². The number of carbonyl (C=O) groups excluding carboxylic acids is 3. The zero-order valence-corrected chi connectivity index (χ0v) is 12.0. The van der Waals surface area contributed by atoms with Gasteiger partial charge in [-0.1, -0.05) is 30.3 Å². The summed E-state index contributed by atoms with van der Waals surface area (Å²) in [6.07, 6.45) is 0.843. The van der Waals surface area contributed by atoms with Gasteiger partial charge in [-0.25, -0.2) is 0 Å². The van der Waals surface area contributed by atoms with Crippen LogP contribution in [0, 0.1) is 0 Å². The molecule has 0 bridgehead atoms. The van der Waals surface area contributed by atoms with E-state index in [1.54, 1.807) is 0 Å². The van der Waals surface area contributed by atoms with E-state index in [1.165, 1.54) is 21.1 Å². The van der Waals surface area contributed by atoms with Crippen LogP contribution in [0.4, 0.5) is 0 Å². The average Bonchev–Trinajstić information content (AvgIpc) is 2.46. The van der Waals surface area contributed by atoms with Crippen LogP contribution in [0.3, 0.4) is 0 Å². The molecule has 0 atom stereocenters. The van der Waals surface area contributed by atoms with Gasteiger partial charge in [-0.05, 0) is 12.5 Å². The van der Waals surface area contributed by atoms with E-state index in [2.05, 4.69) is 9.47 Å². The fourth-order valence-electron chi connectivity index (χ4n) is 1.21. The van der Waals surface area contributed by atoms with Gasteiger partial charge < -0.3 is 14.3 Å². The maximum Gasteiger partial charge on any atom is 0.309 e. The molecule has 0 aliphatic heterocycles. The number of esters is 2. The summed E-state index contributed by atoms with van der Waals surface area (Å²) in [6, 6.07) is 9.52. The Kier molecular flexibility index (Phi) is 9.56. The summed E-state index contributed by atoms with van der Waals surface area (Å²) < 4.78 is 8.82. The predicted octanol–water partition coefficient (Wildman–Crippen LogP) is 1.93. The number of ether oxygens (including phenoxy) is 2. The van der Waals surface area contributed by atoms with Crippen molar-refractivity contribution in [2.24, 2.45) is 0 Å². The largest absolute Gasteiger partial charge is 0.469 e. The number of benzene rings is 1. The zero-order chi connectivity index (χ0) is 15.4. The summed E-state index contributed by atoms with van der Waals surface area (Å²) in [6.45, 7) is 1.45. The molecule has 110 valence electrons. The topological polar surface area (TPSA) is 69.7 Å². The summed E-state index contributed by atoms with van der Waals surface area (Å²) in [5.74, 6) is -0.512. The van der Waals surface area contributed by atoms with Crippen LogP contribution in [-0.4, -0.2) is 31.9 Å². The molecular weight excluding hydrogens is 260 g/mol. The van der Waals surface area contributed by atoms with Crippen molar-refractivity contribution < 1.29 is 23.9 Å². The van der Waals surface area contributed by atoms with Crippen LogP contribution in [0.5, 0.6) is 0 Å². The zero-order valence-electron chi connectivity index (χ0n) is 12.0. The molecule has 5 nitrogen and oxygen atoms in total. The summed E-state index contributed by atoms with van der Waals surface area (Å²) in [7, 11) is 2.70. The van der Waals surface area contributed by atoms with Crippen LogP contribution >= 0.6 is 0 Å². The van der Waals surface area contributed by atoms with Gasteiger partial charge in [-0.2, -0.15) is 0 Å². The van der Waals surface area contributed by atoms with Crippen molar-refractivity contribution in [3.05, 3.63) is 35.9 Å². The fourth-order valence-corrected chi connectivity index (χ4v) is 1.21. The molecule has 1 aromatic rings. The second-order valence-electron chi connectivity index (χ2n) is 4.02. The first-order valence-electron chi connectivity index (χ1n) is 6.16. The molecule has 0 spiro atoms. The molecule has 0 amide bonds. The minimum Gasteiger partial charge on any atom is -0.469 e. The Morgan fingerprint density at radius 3 is 1.90 bits per heavy atom. The summed E-state index contributed by atoms with van der Waals surface area (Å²) in [5, 5.41) is 0. The van der Waals surface area contributed by atoms with E-state index in [-0.39, 0.29) is 30.6 Å². The molecule has 20 heavy (non-hydrogen) atoms. The molecule has 0 saturated carbocycles. The SMILES string of the molecule is COC(=O)CCC(C)=O.COC(=O)Cc1ccccc1. The molecule has 0 fully saturated rings. The Labute approximate surface area is 118 Å². The lowest BCUT2D eigenvalue weighted by atomic mass is 10.2. The molecule has 0 aliphatic carbocycles. The van der Waals surface area contributed by atoms with E-state index in [0.717, 1.165) is 5.56 Å². The summed E-state index contributed by atoms with van der Waals surface area (Å²) >= 11 is 0. The number of hydrogen-bond donors (Lipinski definition) is 0. The Morgan fingerprint density at radius 2 is 1.45 bits per heavy atom. The van der Waals surface area contributed by atoms with Gasteiger partial charge in [0, 0.05) is 6.42 Å². The lowest BCUT2D eigenvalue weighted by molar-refractivity contribution is -0.142. The molecule has 5 heteroatoms. The molecule has 0 N–H and O–H groups in total. The molecule has 0 aliphatic rings. The Bertz CT molecular complexity index is 425. The van der Waals surface area contributed by atoms with Gasteiger partial charge in [-0.15, -0.1) is 0 Å². The number of ketones is 1. The van der Waals surface area contributed by atoms with Gasteiger partial charge in [0.05, 0.1) is 27.1 Å². The van der Waals surface area contributed by atoms with Gasteiger partial charge >= 0.3 is 11.9 Å². The molecule has 1 rings (SSSR count). The predicted molar refractivity (Wildman–Crippen MR) is 74.1 cm³/mol. The van der Waals surface area contributed by atoms with Crippen molar-refractivity contribution in [2.45, 2.75) is 26.2 Å². The number of hydrogen-bond acceptors (Lipinski definition) is 5. The third kappa shape index (κ3) is 9.82. The molecule has 0 saturated heterocycles. The minimum atomic E-state index is -0.329. The van der Waals surface area contributed by atoms with Crippen LogP contribution in [-0.2, 0) is 30.3 Å². The van der Waals surface area contributed by atoms with Gasteiger partial charge in [0.25, 0.3) is 0 Å². The lowest BCUT2D eigenvalue weighted by Crippen LogP contribution is -2.03. The third-order valence-electron chi connectivity index (χ3n) is 2.33.